The Bertz CT molecular complexity index is 499. The van der Waals surface area contributed by atoms with Crippen molar-refractivity contribution in [1.82, 2.24) is 0 Å². The molecule has 0 N–H and O–H groups in total. The quantitative estimate of drug-likeness (QED) is 0.583. The SMILES string of the molecule is Cc1ccc(C=NCCN=Cc2ccc(C)s2)s1. The molecule has 0 unspecified atom stereocenters. The van der Waals surface area contributed by atoms with E-state index in [1.165, 1.54) is 19.5 Å². The van der Waals surface area contributed by atoms with Crippen molar-refractivity contribution in [2.45, 2.75) is 13.8 Å². The normalized spacial score (nSPS) is 11.9. The monoisotopic (exact) mass is 276 g/mol. The minimum Gasteiger partial charge on any atom is -0.290 e. The number of nitrogens with zero attached hydrogens (tertiary/aromatic N) is 2. The zero-order chi connectivity index (χ0) is 12.8. The molecule has 0 bridgehead atoms. The molecule has 94 valence electrons. The van der Waals surface area contributed by atoms with E-state index >= 15 is 0 Å². The third-order valence-electron chi connectivity index (χ3n) is 2.32. The highest BCUT2D eigenvalue weighted by Crippen LogP contribution is 2.13. The van der Waals surface area contributed by atoms with Crippen LogP contribution in [-0.4, -0.2) is 25.5 Å². The molecule has 2 nitrogen and oxygen atoms in total. The van der Waals surface area contributed by atoms with Crippen LogP contribution < -0.4 is 0 Å². The molecule has 0 spiro atoms. The van der Waals surface area contributed by atoms with E-state index in [1.807, 2.05) is 12.4 Å². The topological polar surface area (TPSA) is 24.7 Å². The molecule has 2 rings (SSSR count). The van der Waals surface area contributed by atoms with Crippen LogP contribution in [0.1, 0.15) is 19.5 Å². The number of thiophene rings is 2. The van der Waals surface area contributed by atoms with E-state index in [0.717, 1.165) is 13.1 Å². The van der Waals surface area contributed by atoms with Crippen molar-refractivity contribution in [2.24, 2.45) is 9.98 Å². The number of hydrogen-bond donors (Lipinski definition) is 0. The van der Waals surface area contributed by atoms with Crippen molar-refractivity contribution < 1.29 is 0 Å². The van der Waals surface area contributed by atoms with E-state index in [-0.39, 0.29) is 0 Å². The third-order valence-corrected chi connectivity index (χ3v) is 4.19. The van der Waals surface area contributed by atoms with Crippen molar-refractivity contribution in [3.8, 4) is 0 Å². The Kier molecular flexibility index (Phi) is 4.84. The number of rotatable bonds is 5. The first-order valence-electron chi connectivity index (χ1n) is 5.86. The molecule has 0 saturated carbocycles. The molecule has 0 saturated heterocycles. The molecule has 4 heteroatoms. The average molecular weight is 276 g/mol. The molecule has 18 heavy (non-hydrogen) atoms. The third kappa shape index (κ3) is 4.20. The smallest absolute Gasteiger partial charge is 0.0585 e. The second kappa shape index (κ2) is 6.61. The summed E-state index contributed by atoms with van der Waals surface area (Å²) in [7, 11) is 0. The van der Waals surface area contributed by atoms with Gasteiger partial charge in [-0.1, -0.05) is 0 Å². The Hall–Kier alpha value is -1.26. The van der Waals surface area contributed by atoms with Gasteiger partial charge in [-0.25, -0.2) is 0 Å². The lowest BCUT2D eigenvalue weighted by molar-refractivity contribution is 0.986. The molecule has 0 aromatic carbocycles. The summed E-state index contributed by atoms with van der Waals surface area (Å²) in [5.74, 6) is 0. The number of hydrogen-bond acceptors (Lipinski definition) is 4. The van der Waals surface area contributed by atoms with Gasteiger partial charge in [0.05, 0.1) is 13.1 Å². The fourth-order valence-corrected chi connectivity index (χ4v) is 3.01. The maximum Gasteiger partial charge on any atom is 0.0585 e. The second-order valence-electron chi connectivity index (χ2n) is 3.97. The number of aliphatic imine (C=N–C) groups is 2. The lowest BCUT2D eigenvalue weighted by atomic mass is 10.4. The van der Waals surface area contributed by atoms with E-state index in [9.17, 15) is 0 Å². The summed E-state index contributed by atoms with van der Waals surface area (Å²) in [5, 5.41) is 0. The van der Waals surface area contributed by atoms with Gasteiger partial charge in [0.15, 0.2) is 0 Å². The summed E-state index contributed by atoms with van der Waals surface area (Å²) in [6.45, 7) is 5.71. The molecule has 0 aliphatic rings. The Morgan fingerprint density at radius 2 is 1.28 bits per heavy atom. The van der Waals surface area contributed by atoms with Crippen LogP contribution >= 0.6 is 22.7 Å². The van der Waals surface area contributed by atoms with Gasteiger partial charge in [-0.15, -0.1) is 22.7 Å². The van der Waals surface area contributed by atoms with Crippen molar-refractivity contribution in [1.29, 1.82) is 0 Å². The summed E-state index contributed by atoms with van der Waals surface area (Å²) < 4.78 is 0. The molecule has 2 heterocycles. The van der Waals surface area contributed by atoms with Crippen molar-refractivity contribution in [3.05, 3.63) is 43.8 Å². The van der Waals surface area contributed by atoms with E-state index in [1.54, 1.807) is 22.7 Å². The van der Waals surface area contributed by atoms with E-state index in [0.29, 0.717) is 0 Å². The van der Waals surface area contributed by atoms with Crippen LogP contribution in [0.5, 0.6) is 0 Å². The van der Waals surface area contributed by atoms with Gasteiger partial charge in [0.2, 0.25) is 0 Å². The van der Waals surface area contributed by atoms with E-state index in [2.05, 4.69) is 48.1 Å². The highest BCUT2D eigenvalue weighted by atomic mass is 32.1. The fourth-order valence-electron chi connectivity index (χ4n) is 1.47. The minimum atomic E-state index is 0.748. The fraction of sp³-hybridized carbons (Fsp3) is 0.286. The molecule has 0 atom stereocenters. The predicted octanol–water partition coefficient (Wildman–Crippen LogP) is 3.96. The van der Waals surface area contributed by atoms with Crippen LogP contribution in [0.2, 0.25) is 0 Å². The van der Waals surface area contributed by atoms with Crippen LogP contribution in [0.15, 0.2) is 34.3 Å². The van der Waals surface area contributed by atoms with Crippen LogP contribution in [-0.2, 0) is 0 Å². The first-order chi connectivity index (χ1) is 8.74. The Labute approximate surface area is 116 Å². The van der Waals surface area contributed by atoms with Crippen LogP contribution in [0.3, 0.4) is 0 Å². The summed E-state index contributed by atoms with van der Waals surface area (Å²) in [5.41, 5.74) is 0. The number of aryl methyl sites for hydroxylation is 2. The molecule has 0 fully saturated rings. The van der Waals surface area contributed by atoms with E-state index < -0.39 is 0 Å². The molecular weight excluding hydrogens is 260 g/mol. The average Bonchev–Trinajstić information content (AvgIpc) is 2.93. The Morgan fingerprint density at radius 3 is 1.61 bits per heavy atom. The van der Waals surface area contributed by atoms with Gasteiger partial charge in [0.25, 0.3) is 0 Å². The van der Waals surface area contributed by atoms with E-state index in [4.69, 9.17) is 0 Å². The molecular formula is C14H16N2S2. The first kappa shape index (κ1) is 13.2. The van der Waals surface area contributed by atoms with Gasteiger partial charge >= 0.3 is 0 Å². The molecule has 0 aliphatic heterocycles. The molecule has 0 radical (unpaired) electrons. The maximum absolute atomic E-state index is 4.37. The molecule has 2 aromatic heterocycles. The largest absolute Gasteiger partial charge is 0.290 e. The zero-order valence-corrected chi connectivity index (χ0v) is 12.2. The predicted molar refractivity (Wildman–Crippen MR) is 83.0 cm³/mol. The van der Waals surface area contributed by atoms with Gasteiger partial charge < -0.3 is 0 Å². The Morgan fingerprint density at radius 1 is 0.833 bits per heavy atom. The lowest BCUT2D eigenvalue weighted by Gasteiger charge is -1.88. The lowest BCUT2D eigenvalue weighted by Crippen LogP contribution is -1.88. The molecule has 2 aromatic rings. The second-order valence-corrected chi connectivity index (χ2v) is 6.61. The van der Waals surface area contributed by atoms with Gasteiger partial charge in [0, 0.05) is 31.9 Å². The summed E-state index contributed by atoms with van der Waals surface area (Å²) in [6, 6.07) is 8.43. The van der Waals surface area contributed by atoms with Crippen LogP contribution in [0, 0.1) is 13.8 Å². The van der Waals surface area contributed by atoms with Crippen molar-refractivity contribution in [3.63, 3.8) is 0 Å². The summed E-state index contributed by atoms with van der Waals surface area (Å²) in [6.07, 6.45) is 3.87. The maximum atomic E-state index is 4.37. The van der Waals surface area contributed by atoms with Gasteiger partial charge in [-0.2, -0.15) is 0 Å². The highest BCUT2D eigenvalue weighted by molar-refractivity contribution is 7.13. The summed E-state index contributed by atoms with van der Waals surface area (Å²) in [4.78, 5) is 13.8. The molecule has 0 amide bonds. The minimum absolute atomic E-state index is 0.748. The van der Waals surface area contributed by atoms with Crippen molar-refractivity contribution >= 4 is 35.1 Å². The summed E-state index contributed by atoms with van der Waals surface area (Å²) >= 11 is 3.53. The van der Waals surface area contributed by atoms with Gasteiger partial charge in [0.1, 0.15) is 0 Å². The van der Waals surface area contributed by atoms with Crippen LogP contribution in [0.4, 0.5) is 0 Å². The van der Waals surface area contributed by atoms with Crippen molar-refractivity contribution in [2.75, 3.05) is 13.1 Å². The molecule has 0 aliphatic carbocycles. The van der Waals surface area contributed by atoms with Gasteiger partial charge in [-0.05, 0) is 38.1 Å². The first-order valence-corrected chi connectivity index (χ1v) is 7.50. The van der Waals surface area contributed by atoms with Gasteiger partial charge in [-0.3, -0.25) is 9.98 Å². The Balaban J connectivity index is 1.73. The standard InChI is InChI=1S/C14H16N2S2/c1-11-3-5-13(17-11)9-15-7-8-16-10-14-6-4-12(2)18-14/h3-6,9-10H,7-8H2,1-2H3. The zero-order valence-electron chi connectivity index (χ0n) is 10.6. The van der Waals surface area contributed by atoms with Crippen LogP contribution in [0.25, 0.3) is 0 Å². The highest BCUT2D eigenvalue weighted by Gasteiger charge is 1.92.